The Morgan fingerprint density at radius 1 is 1.78 bits per heavy atom. The van der Waals surface area contributed by atoms with E-state index in [1.807, 2.05) is 13.0 Å². The van der Waals surface area contributed by atoms with E-state index in [1.54, 1.807) is 6.20 Å². The number of nitrogens with one attached hydrogen (secondary N) is 1. The Hall–Kier alpha value is -0.760. The molecule has 0 aliphatic heterocycles. The van der Waals surface area contributed by atoms with Crippen molar-refractivity contribution in [3.05, 3.63) is 24.4 Å². The minimum atomic E-state index is 0.638. The van der Waals surface area contributed by atoms with E-state index in [-0.39, 0.29) is 0 Å². The van der Waals surface area contributed by atoms with E-state index in [4.69, 9.17) is 5.73 Å². The molecular weight excluding hydrogens is 112 g/mol. The van der Waals surface area contributed by atoms with Crippen LogP contribution in [0.15, 0.2) is 24.4 Å². The fourth-order valence-electron chi connectivity index (χ4n) is 0.400. The first-order valence-corrected chi connectivity index (χ1v) is 3.01. The first-order chi connectivity index (χ1) is 4.31. The predicted octanol–water partition coefficient (Wildman–Crippen LogP) is 0.625. The van der Waals surface area contributed by atoms with Crippen molar-refractivity contribution >= 4 is 0 Å². The summed E-state index contributed by atoms with van der Waals surface area (Å²) < 4.78 is 0. The van der Waals surface area contributed by atoms with Crippen LogP contribution in [0.25, 0.3) is 0 Å². The first kappa shape index (κ1) is 8.24. The Bertz CT molecular complexity index is 105. The lowest BCUT2D eigenvalue weighted by Crippen LogP contribution is -2.06. The van der Waals surface area contributed by atoms with Gasteiger partial charge < -0.3 is 11.1 Å². The molecule has 0 amide bonds. The van der Waals surface area contributed by atoms with E-state index in [2.05, 4.69) is 11.9 Å². The molecule has 0 unspecified atom stereocenters. The van der Waals surface area contributed by atoms with Crippen LogP contribution in [0.1, 0.15) is 6.92 Å². The van der Waals surface area contributed by atoms with Crippen molar-refractivity contribution in [2.24, 2.45) is 5.73 Å². The molecule has 0 rings (SSSR count). The van der Waals surface area contributed by atoms with Gasteiger partial charge in [-0.1, -0.05) is 18.2 Å². The van der Waals surface area contributed by atoms with Gasteiger partial charge in [-0.05, 0) is 13.1 Å². The van der Waals surface area contributed by atoms with E-state index in [0.717, 1.165) is 6.54 Å². The topological polar surface area (TPSA) is 38.0 Å². The molecule has 0 aliphatic rings. The predicted molar refractivity (Wildman–Crippen MR) is 41.0 cm³/mol. The van der Waals surface area contributed by atoms with Crippen molar-refractivity contribution in [1.29, 1.82) is 0 Å². The van der Waals surface area contributed by atoms with Crippen LogP contribution in [0.2, 0.25) is 0 Å². The maximum atomic E-state index is 5.33. The zero-order valence-corrected chi connectivity index (χ0v) is 5.85. The van der Waals surface area contributed by atoms with Crippen molar-refractivity contribution in [3.63, 3.8) is 0 Å². The van der Waals surface area contributed by atoms with Gasteiger partial charge >= 0.3 is 0 Å². The van der Waals surface area contributed by atoms with Gasteiger partial charge in [0.2, 0.25) is 0 Å². The van der Waals surface area contributed by atoms with Gasteiger partial charge in [0.1, 0.15) is 0 Å². The highest BCUT2D eigenvalue weighted by Gasteiger charge is 1.79. The molecule has 2 nitrogen and oxygen atoms in total. The SMILES string of the molecule is C=CNC/C=C(\C)CN. The summed E-state index contributed by atoms with van der Waals surface area (Å²) in [6, 6.07) is 0. The molecule has 0 aromatic carbocycles. The standard InChI is InChI=1S/C7H14N2/c1-3-9-5-4-7(2)6-8/h3-4,9H,1,5-6,8H2,2H3/b7-4+. The van der Waals surface area contributed by atoms with E-state index in [0.29, 0.717) is 6.54 Å². The van der Waals surface area contributed by atoms with Crippen LogP contribution >= 0.6 is 0 Å². The summed E-state index contributed by atoms with van der Waals surface area (Å²) in [5, 5.41) is 2.95. The molecule has 0 bridgehead atoms. The molecule has 0 fully saturated rings. The largest absolute Gasteiger partial charge is 0.388 e. The molecule has 52 valence electrons. The van der Waals surface area contributed by atoms with E-state index < -0.39 is 0 Å². The summed E-state index contributed by atoms with van der Waals surface area (Å²) in [7, 11) is 0. The molecule has 9 heavy (non-hydrogen) atoms. The molecule has 0 spiro atoms. The Labute approximate surface area is 56.4 Å². The third-order valence-corrected chi connectivity index (χ3v) is 1.03. The molecule has 0 aliphatic carbocycles. The molecule has 0 aromatic heterocycles. The Kier molecular flexibility index (Phi) is 4.92. The molecule has 0 saturated carbocycles. The van der Waals surface area contributed by atoms with Crippen LogP contribution in [-0.2, 0) is 0 Å². The van der Waals surface area contributed by atoms with Gasteiger partial charge in [0.05, 0.1) is 0 Å². The summed E-state index contributed by atoms with van der Waals surface area (Å²) in [6.07, 6.45) is 3.71. The second-order valence-electron chi connectivity index (χ2n) is 1.87. The second kappa shape index (κ2) is 5.38. The number of rotatable bonds is 4. The van der Waals surface area contributed by atoms with Crippen LogP contribution in [0, 0.1) is 0 Å². The fraction of sp³-hybridized carbons (Fsp3) is 0.429. The highest BCUT2D eigenvalue weighted by molar-refractivity contribution is 5.00. The first-order valence-electron chi connectivity index (χ1n) is 3.01. The fourth-order valence-corrected chi connectivity index (χ4v) is 0.400. The monoisotopic (exact) mass is 126 g/mol. The molecule has 3 N–H and O–H groups in total. The quantitative estimate of drug-likeness (QED) is 0.428. The molecule has 2 heteroatoms. The molecular formula is C7H14N2. The van der Waals surface area contributed by atoms with E-state index in [1.165, 1.54) is 5.57 Å². The minimum Gasteiger partial charge on any atom is -0.388 e. The number of hydrogen-bond acceptors (Lipinski definition) is 2. The normalized spacial score (nSPS) is 11.1. The van der Waals surface area contributed by atoms with Crippen molar-refractivity contribution in [2.75, 3.05) is 13.1 Å². The third kappa shape index (κ3) is 5.11. The smallest absolute Gasteiger partial charge is 0.0328 e. The van der Waals surface area contributed by atoms with Crippen molar-refractivity contribution in [2.45, 2.75) is 6.92 Å². The summed E-state index contributed by atoms with van der Waals surface area (Å²) in [4.78, 5) is 0. The van der Waals surface area contributed by atoms with Crippen LogP contribution < -0.4 is 11.1 Å². The molecule has 0 atom stereocenters. The van der Waals surface area contributed by atoms with E-state index >= 15 is 0 Å². The van der Waals surface area contributed by atoms with Crippen molar-refractivity contribution in [3.8, 4) is 0 Å². The Morgan fingerprint density at radius 2 is 2.44 bits per heavy atom. The van der Waals surface area contributed by atoms with Crippen LogP contribution in [0.4, 0.5) is 0 Å². The number of nitrogens with two attached hydrogens (primary N) is 1. The summed E-state index contributed by atoms with van der Waals surface area (Å²) in [6.45, 7) is 6.98. The zero-order chi connectivity index (χ0) is 7.11. The summed E-state index contributed by atoms with van der Waals surface area (Å²) in [5.41, 5.74) is 6.53. The minimum absolute atomic E-state index is 0.638. The average molecular weight is 126 g/mol. The van der Waals surface area contributed by atoms with Gasteiger partial charge in [0.25, 0.3) is 0 Å². The number of hydrogen-bond donors (Lipinski definition) is 2. The second-order valence-corrected chi connectivity index (χ2v) is 1.87. The average Bonchev–Trinajstić information content (AvgIpc) is 1.89. The van der Waals surface area contributed by atoms with Gasteiger partial charge in [-0.15, -0.1) is 0 Å². The highest BCUT2D eigenvalue weighted by Crippen LogP contribution is 1.84. The van der Waals surface area contributed by atoms with Crippen molar-refractivity contribution in [1.82, 2.24) is 5.32 Å². The van der Waals surface area contributed by atoms with E-state index in [9.17, 15) is 0 Å². The zero-order valence-electron chi connectivity index (χ0n) is 5.85. The van der Waals surface area contributed by atoms with Crippen LogP contribution in [0.5, 0.6) is 0 Å². The van der Waals surface area contributed by atoms with Gasteiger partial charge in [0.15, 0.2) is 0 Å². The van der Waals surface area contributed by atoms with Gasteiger partial charge in [-0.3, -0.25) is 0 Å². The van der Waals surface area contributed by atoms with Gasteiger partial charge in [-0.2, -0.15) is 0 Å². The van der Waals surface area contributed by atoms with Gasteiger partial charge in [-0.25, -0.2) is 0 Å². The highest BCUT2D eigenvalue weighted by atomic mass is 14.8. The molecule has 0 aromatic rings. The molecule has 0 saturated heterocycles. The summed E-state index contributed by atoms with van der Waals surface area (Å²) >= 11 is 0. The Balaban J connectivity index is 3.31. The maximum absolute atomic E-state index is 5.33. The summed E-state index contributed by atoms with van der Waals surface area (Å²) in [5.74, 6) is 0. The lowest BCUT2D eigenvalue weighted by atomic mass is 10.3. The Morgan fingerprint density at radius 3 is 2.89 bits per heavy atom. The van der Waals surface area contributed by atoms with Crippen LogP contribution in [-0.4, -0.2) is 13.1 Å². The van der Waals surface area contributed by atoms with Crippen LogP contribution in [0.3, 0.4) is 0 Å². The van der Waals surface area contributed by atoms with Crippen molar-refractivity contribution < 1.29 is 0 Å². The molecule has 0 heterocycles. The van der Waals surface area contributed by atoms with Gasteiger partial charge in [0, 0.05) is 13.1 Å². The molecule has 0 radical (unpaired) electrons. The third-order valence-electron chi connectivity index (χ3n) is 1.03. The lowest BCUT2D eigenvalue weighted by Gasteiger charge is -1.95. The lowest BCUT2D eigenvalue weighted by molar-refractivity contribution is 0.969. The maximum Gasteiger partial charge on any atom is 0.0328 e.